The van der Waals surface area contributed by atoms with Crippen LogP contribution in [0.25, 0.3) is 5.57 Å². The summed E-state index contributed by atoms with van der Waals surface area (Å²) in [5, 5.41) is 3.54. The van der Waals surface area contributed by atoms with Crippen LogP contribution in [-0.4, -0.2) is 42.7 Å². The predicted molar refractivity (Wildman–Crippen MR) is 117 cm³/mol. The minimum absolute atomic E-state index is 0.212. The van der Waals surface area contributed by atoms with Crippen molar-refractivity contribution < 1.29 is 19.1 Å². The second-order valence-corrected chi connectivity index (χ2v) is 7.82. The number of aryl methyl sites for hydroxylation is 1. The van der Waals surface area contributed by atoms with E-state index in [2.05, 4.69) is 10.3 Å². The Morgan fingerprint density at radius 1 is 1.27 bits per heavy atom. The summed E-state index contributed by atoms with van der Waals surface area (Å²) in [6.45, 7) is 3.86. The van der Waals surface area contributed by atoms with Gasteiger partial charge in [-0.25, -0.2) is 4.79 Å². The topological polar surface area (TPSA) is 80.4 Å². The first-order valence-electron chi connectivity index (χ1n) is 9.71. The fourth-order valence-electron chi connectivity index (χ4n) is 3.53. The molecule has 2 N–H and O–H groups in total. The smallest absolute Gasteiger partial charge is 0.338 e. The molecule has 1 aliphatic carbocycles. The van der Waals surface area contributed by atoms with Crippen molar-refractivity contribution in [3.63, 3.8) is 0 Å². The van der Waals surface area contributed by atoms with Crippen LogP contribution in [0.4, 0.5) is 0 Å². The first kappa shape index (κ1) is 22.4. The lowest BCUT2D eigenvalue weighted by atomic mass is 9.88. The van der Waals surface area contributed by atoms with E-state index in [1.165, 1.54) is 0 Å². The molecule has 6 nitrogen and oxygen atoms in total. The Kier molecular flexibility index (Phi) is 7.23. The number of hydrogen-bond acceptors (Lipinski definition) is 4. The Morgan fingerprint density at radius 2 is 2.03 bits per heavy atom. The molecular weight excluding hydrogens is 427 g/mol. The van der Waals surface area contributed by atoms with Crippen LogP contribution < -0.4 is 5.32 Å². The van der Waals surface area contributed by atoms with E-state index in [1.54, 1.807) is 27.0 Å². The molecule has 2 aromatic rings. The summed E-state index contributed by atoms with van der Waals surface area (Å²) in [7, 11) is 1.60. The number of allylic oxidation sites excluding steroid dienone is 1. The fourth-order valence-corrected chi connectivity index (χ4v) is 3.95. The molecule has 0 bridgehead atoms. The predicted octanol–water partition coefficient (Wildman–Crippen LogP) is 4.80. The van der Waals surface area contributed by atoms with Crippen LogP contribution in [-0.2, 0) is 9.47 Å². The summed E-state index contributed by atoms with van der Waals surface area (Å²) < 4.78 is 10.7. The molecule has 0 saturated carbocycles. The van der Waals surface area contributed by atoms with Gasteiger partial charge in [0.2, 0.25) is 0 Å². The number of esters is 1. The Bertz CT molecular complexity index is 984. The molecule has 0 radical (unpaired) electrons. The molecular formula is C22H24Cl2N2O4. The molecule has 160 valence electrons. The molecule has 30 heavy (non-hydrogen) atoms. The third-order valence-electron chi connectivity index (χ3n) is 5.10. The zero-order chi connectivity index (χ0) is 21.8. The van der Waals surface area contributed by atoms with E-state index in [1.807, 2.05) is 24.3 Å². The first-order chi connectivity index (χ1) is 14.3. The van der Waals surface area contributed by atoms with Crippen LogP contribution in [0.5, 0.6) is 0 Å². The van der Waals surface area contributed by atoms with E-state index in [-0.39, 0.29) is 34.7 Å². The molecule has 1 aromatic heterocycles. The molecule has 0 saturated heterocycles. The largest absolute Gasteiger partial charge is 0.462 e. The average molecular weight is 451 g/mol. The number of halogens is 2. The fraction of sp³-hybridized carbons (Fsp3) is 0.364. The standard InChI is InChI=1S/C22H24Cl2N2O4/c1-4-30-22(28)15-7-5-6-13(10-15)14-8-9-16(17(11-14)29-3)26-21(27)20-19(24)18(23)12(2)25-20/h5-7,10-11,16-17,25H,4,8-9H2,1-3H3,(H,26,27). The Balaban J connectivity index is 1.77. The summed E-state index contributed by atoms with van der Waals surface area (Å²) in [4.78, 5) is 27.6. The lowest BCUT2D eigenvalue weighted by Gasteiger charge is -2.30. The number of hydrogen-bond donors (Lipinski definition) is 2. The number of methoxy groups -OCH3 is 1. The second kappa shape index (κ2) is 9.69. The quantitative estimate of drug-likeness (QED) is 0.619. The van der Waals surface area contributed by atoms with Gasteiger partial charge in [-0.3, -0.25) is 4.79 Å². The molecule has 0 spiro atoms. The third-order valence-corrected chi connectivity index (χ3v) is 6.05. The van der Waals surface area contributed by atoms with Gasteiger partial charge in [-0.1, -0.05) is 41.4 Å². The maximum atomic E-state index is 12.7. The number of benzene rings is 1. The maximum Gasteiger partial charge on any atom is 0.338 e. The van der Waals surface area contributed by atoms with Crippen molar-refractivity contribution in [1.29, 1.82) is 0 Å². The number of H-pyrrole nitrogens is 1. The van der Waals surface area contributed by atoms with E-state index in [0.717, 1.165) is 17.6 Å². The molecule has 1 amide bonds. The molecule has 0 fully saturated rings. The number of nitrogens with one attached hydrogen (secondary N) is 2. The van der Waals surface area contributed by atoms with E-state index in [4.69, 9.17) is 32.7 Å². The van der Waals surface area contributed by atoms with Gasteiger partial charge in [0.05, 0.1) is 34.4 Å². The van der Waals surface area contributed by atoms with Crippen LogP contribution in [0.1, 0.15) is 51.9 Å². The van der Waals surface area contributed by atoms with Gasteiger partial charge in [0, 0.05) is 12.8 Å². The van der Waals surface area contributed by atoms with Gasteiger partial charge in [0.1, 0.15) is 5.69 Å². The zero-order valence-electron chi connectivity index (χ0n) is 17.1. The van der Waals surface area contributed by atoms with Crippen molar-refractivity contribution in [2.24, 2.45) is 0 Å². The summed E-state index contributed by atoms with van der Waals surface area (Å²) in [5.41, 5.74) is 3.37. The Hall–Kier alpha value is -2.28. The van der Waals surface area contributed by atoms with Gasteiger partial charge >= 0.3 is 5.97 Å². The maximum absolute atomic E-state index is 12.7. The van der Waals surface area contributed by atoms with Crippen LogP contribution in [0, 0.1) is 6.92 Å². The molecule has 1 heterocycles. The van der Waals surface area contributed by atoms with Crippen LogP contribution in [0.15, 0.2) is 30.3 Å². The number of amides is 1. The number of aromatic nitrogens is 1. The summed E-state index contributed by atoms with van der Waals surface area (Å²) >= 11 is 12.2. The SMILES string of the molecule is CCOC(=O)c1cccc(C2=CC(OC)C(NC(=O)c3[nH]c(C)c(Cl)c3Cl)CC2)c1. The van der Waals surface area contributed by atoms with Gasteiger partial charge in [-0.2, -0.15) is 0 Å². The van der Waals surface area contributed by atoms with E-state index in [0.29, 0.717) is 29.3 Å². The molecule has 2 unspecified atom stereocenters. The molecule has 2 atom stereocenters. The highest BCUT2D eigenvalue weighted by Gasteiger charge is 2.29. The van der Waals surface area contributed by atoms with Gasteiger partial charge in [0.25, 0.3) is 5.91 Å². The Labute approximate surface area is 185 Å². The number of aromatic amines is 1. The summed E-state index contributed by atoms with van der Waals surface area (Å²) in [6.07, 6.45) is 3.04. The van der Waals surface area contributed by atoms with E-state index >= 15 is 0 Å². The van der Waals surface area contributed by atoms with Crippen molar-refractivity contribution in [2.45, 2.75) is 38.8 Å². The van der Waals surface area contributed by atoms with Crippen LogP contribution in [0.2, 0.25) is 10.0 Å². The third kappa shape index (κ3) is 4.72. The minimum Gasteiger partial charge on any atom is -0.462 e. The zero-order valence-corrected chi connectivity index (χ0v) is 18.6. The monoisotopic (exact) mass is 450 g/mol. The van der Waals surface area contributed by atoms with Gasteiger partial charge in [-0.15, -0.1) is 0 Å². The lowest BCUT2D eigenvalue weighted by Crippen LogP contribution is -2.45. The van der Waals surface area contributed by atoms with Crippen molar-refractivity contribution in [3.05, 3.63) is 62.9 Å². The average Bonchev–Trinajstić information content (AvgIpc) is 3.01. The van der Waals surface area contributed by atoms with E-state index in [9.17, 15) is 9.59 Å². The van der Waals surface area contributed by atoms with Gasteiger partial charge < -0.3 is 19.8 Å². The van der Waals surface area contributed by atoms with Crippen LogP contribution >= 0.6 is 23.2 Å². The number of carbonyl (C=O) groups excluding carboxylic acids is 2. The number of carbonyl (C=O) groups is 2. The number of rotatable bonds is 6. The Morgan fingerprint density at radius 3 is 2.67 bits per heavy atom. The van der Waals surface area contributed by atoms with Gasteiger partial charge in [-0.05, 0) is 50.0 Å². The van der Waals surface area contributed by atoms with Crippen molar-refractivity contribution in [2.75, 3.05) is 13.7 Å². The highest BCUT2D eigenvalue weighted by Crippen LogP contribution is 2.31. The minimum atomic E-state index is -0.346. The number of ether oxygens (including phenoxy) is 2. The van der Waals surface area contributed by atoms with Crippen molar-refractivity contribution in [3.8, 4) is 0 Å². The summed E-state index contributed by atoms with van der Waals surface area (Å²) in [5.74, 6) is -0.677. The molecule has 1 aromatic carbocycles. The first-order valence-corrected chi connectivity index (χ1v) is 10.5. The van der Waals surface area contributed by atoms with Crippen molar-refractivity contribution >= 4 is 40.7 Å². The molecule has 1 aliphatic rings. The summed E-state index contributed by atoms with van der Waals surface area (Å²) in [6, 6.07) is 7.10. The van der Waals surface area contributed by atoms with Gasteiger partial charge in [0.15, 0.2) is 0 Å². The highest BCUT2D eigenvalue weighted by molar-refractivity contribution is 6.44. The molecule has 8 heteroatoms. The van der Waals surface area contributed by atoms with Crippen molar-refractivity contribution in [1.82, 2.24) is 10.3 Å². The normalized spacial score (nSPS) is 18.6. The molecule has 3 rings (SSSR count). The second-order valence-electron chi connectivity index (χ2n) is 7.07. The molecule has 0 aliphatic heterocycles. The highest BCUT2D eigenvalue weighted by atomic mass is 35.5. The lowest BCUT2D eigenvalue weighted by molar-refractivity contribution is 0.0526. The van der Waals surface area contributed by atoms with E-state index < -0.39 is 0 Å². The van der Waals surface area contributed by atoms with Crippen LogP contribution in [0.3, 0.4) is 0 Å².